The van der Waals surface area contributed by atoms with E-state index >= 15 is 0 Å². The summed E-state index contributed by atoms with van der Waals surface area (Å²) in [5, 5.41) is 3.56. The molecule has 30 heavy (non-hydrogen) atoms. The molecule has 152 valence electrons. The zero-order valence-electron chi connectivity index (χ0n) is 15.1. The Balaban J connectivity index is 1.95. The summed E-state index contributed by atoms with van der Waals surface area (Å²) in [6.07, 6.45) is 3.11. The molecule has 0 N–H and O–H groups in total. The summed E-state index contributed by atoms with van der Waals surface area (Å²) < 4.78 is 67.4. The van der Waals surface area contributed by atoms with Crippen molar-refractivity contribution in [2.75, 3.05) is 0 Å². The van der Waals surface area contributed by atoms with Crippen LogP contribution in [0.3, 0.4) is 0 Å². The van der Waals surface area contributed by atoms with Gasteiger partial charge in [-0.05, 0) is 11.6 Å². The van der Waals surface area contributed by atoms with Crippen molar-refractivity contribution in [1.82, 2.24) is 0 Å². The molecule has 0 aliphatic heterocycles. The third kappa shape index (κ3) is 4.43. The molecule has 0 radical (unpaired) electrons. The summed E-state index contributed by atoms with van der Waals surface area (Å²) in [6, 6.07) is 17.3. The van der Waals surface area contributed by atoms with Gasteiger partial charge in [-0.25, -0.2) is 26.7 Å². The van der Waals surface area contributed by atoms with E-state index in [0.717, 1.165) is 5.56 Å². The van der Waals surface area contributed by atoms with E-state index in [1.165, 1.54) is 6.08 Å². The lowest BCUT2D eigenvalue weighted by atomic mass is 10.1. The quantitative estimate of drug-likeness (QED) is 0.134. The molecule has 0 atom stereocenters. The standard InChI is InChI=1S/C22H12F5NO2/c23-17-16(18(24)20(26)21(27)19(17)25)22(29)30-28-15(14-9-5-2-6-10-14)12-11-13-7-3-1-4-8-13/h1-12H/b12-11+,28-15-. The molecule has 0 aromatic heterocycles. The van der Waals surface area contributed by atoms with E-state index < -0.39 is 40.6 Å². The van der Waals surface area contributed by atoms with Gasteiger partial charge in [0.15, 0.2) is 23.3 Å². The van der Waals surface area contributed by atoms with Gasteiger partial charge in [0.2, 0.25) is 5.82 Å². The third-order valence-corrected chi connectivity index (χ3v) is 3.94. The second kappa shape index (κ2) is 9.13. The van der Waals surface area contributed by atoms with Crippen molar-refractivity contribution in [3.63, 3.8) is 0 Å². The van der Waals surface area contributed by atoms with Crippen LogP contribution in [0.25, 0.3) is 6.08 Å². The van der Waals surface area contributed by atoms with Crippen LogP contribution < -0.4 is 0 Å². The van der Waals surface area contributed by atoms with Gasteiger partial charge in [-0.3, -0.25) is 0 Å². The maximum absolute atomic E-state index is 13.8. The van der Waals surface area contributed by atoms with Crippen molar-refractivity contribution in [3.8, 4) is 0 Å². The first-order chi connectivity index (χ1) is 14.4. The highest BCUT2D eigenvalue weighted by molar-refractivity contribution is 6.10. The molecule has 0 fully saturated rings. The Kier molecular flexibility index (Phi) is 6.36. The van der Waals surface area contributed by atoms with Crippen LogP contribution in [0.1, 0.15) is 21.5 Å². The van der Waals surface area contributed by atoms with Crippen LogP contribution in [0, 0.1) is 29.1 Å². The Morgan fingerprint density at radius 3 is 1.80 bits per heavy atom. The summed E-state index contributed by atoms with van der Waals surface area (Å²) >= 11 is 0. The van der Waals surface area contributed by atoms with E-state index in [2.05, 4.69) is 9.99 Å². The molecule has 0 aliphatic rings. The Labute approximate surface area is 167 Å². The summed E-state index contributed by atoms with van der Waals surface area (Å²) in [5.74, 6) is -13.3. The molecule has 3 aromatic rings. The minimum Gasteiger partial charge on any atom is -0.312 e. The first-order valence-corrected chi connectivity index (χ1v) is 8.49. The van der Waals surface area contributed by atoms with Crippen LogP contribution in [0.5, 0.6) is 0 Å². The van der Waals surface area contributed by atoms with Crippen molar-refractivity contribution in [2.24, 2.45) is 5.16 Å². The van der Waals surface area contributed by atoms with Crippen LogP contribution in [0.2, 0.25) is 0 Å². The number of hydrogen-bond donors (Lipinski definition) is 0. The smallest absolute Gasteiger partial charge is 0.312 e. The second-order valence-electron chi connectivity index (χ2n) is 5.91. The number of carbonyl (C=O) groups is 1. The van der Waals surface area contributed by atoms with E-state index in [0.29, 0.717) is 5.56 Å². The number of halogens is 5. The van der Waals surface area contributed by atoms with Gasteiger partial charge in [0.05, 0.1) is 0 Å². The first-order valence-electron chi connectivity index (χ1n) is 8.49. The van der Waals surface area contributed by atoms with Gasteiger partial charge in [0.25, 0.3) is 0 Å². The predicted octanol–water partition coefficient (Wildman–Crippen LogP) is 5.66. The Morgan fingerprint density at radius 2 is 1.23 bits per heavy atom. The Morgan fingerprint density at radius 1 is 0.733 bits per heavy atom. The molecule has 3 rings (SSSR count). The van der Waals surface area contributed by atoms with Gasteiger partial charge in [-0.15, -0.1) is 0 Å². The van der Waals surface area contributed by atoms with Crippen LogP contribution in [-0.2, 0) is 4.84 Å². The molecule has 0 unspecified atom stereocenters. The molecule has 0 heterocycles. The molecule has 0 aliphatic carbocycles. The molecule has 3 aromatic carbocycles. The van der Waals surface area contributed by atoms with Gasteiger partial charge >= 0.3 is 5.97 Å². The minimum absolute atomic E-state index is 0.0803. The van der Waals surface area contributed by atoms with Crippen molar-refractivity contribution < 1.29 is 31.6 Å². The normalized spacial score (nSPS) is 11.7. The number of benzene rings is 3. The van der Waals surface area contributed by atoms with E-state index in [1.807, 2.05) is 6.07 Å². The Hall–Kier alpha value is -3.81. The lowest BCUT2D eigenvalue weighted by Gasteiger charge is -2.06. The molecule has 0 saturated heterocycles. The number of hydrogen-bond acceptors (Lipinski definition) is 3. The lowest BCUT2D eigenvalue weighted by molar-refractivity contribution is 0.0502. The van der Waals surface area contributed by atoms with Crippen molar-refractivity contribution in [2.45, 2.75) is 0 Å². The summed E-state index contributed by atoms with van der Waals surface area (Å²) in [4.78, 5) is 16.5. The van der Waals surface area contributed by atoms with Crippen LogP contribution in [-0.4, -0.2) is 11.7 Å². The topological polar surface area (TPSA) is 38.7 Å². The average molecular weight is 417 g/mol. The number of nitrogens with zero attached hydrogens (tertiary/aromatic N) is 1. The van der Waals surface area contributed by atoms with E-state index in [9.17, 15) is 26.7 Å². The Bertz CT molecular complexity index is 1100. The van der Waals surface area contributed by atoms with E-state index in [4.69, 9.17) is 0 Å². The van der Waals surface area contributed by atoms with Gasteiger partial charge in [-0.1, -0.05) is 71.9 Å². The largest absolute Gasteiger partial charge is 0.371 e. The van der Waals surface area contributed by atoms with Crippen LogP contribution in [0.4, 0.5) is 22.0 Å². The van der Waals surface area contributed by atoms with Gasteiger partial charge in [0.1, 0.15) is 11.3 Å². The minimum atomic E-state index is -2.37. The lowest BCUT2D eigenvalue weighted by Crippen LogP contribution is -2.14. The highest BCUT2D eigenvalue weighted by atomic mass is 19.2. The fraction of sp³-hybridized carbons (Fsp3) is 0. The molecule has 0 saturated carbocycles. The number of oxime groups is 1. The van der Waals surface area contributed by atoms with Crippen molar-refractivity contribution in [3.05, 3.63) is 113 Å². The summed E-state index contributed by atoms with van der Waals surface area (Å²) in [5.41, 5.74) is -0.381. The van der Waals surface area contributed by atoms with Gasteiger partial charge in [0, 0.05) is 5.56 Å². The molecule has 0 bridgehead atoms. The fourth-order valence-corrected chi connectivity index (χ4v) is 2.45. The monoisotopic (exact) mass is 417 g/mol. The highest BCUT2D eigenvalue weighted by Gasteiger charge is 2.31. The number of rotatable bonds is 5. The van der Waals surface area contributed by atoms with Crippen LogP contribution in [0.15, 0.2) is 71.9 Å². The highest BCUT2D eigenvalue weighted by Crippen LogP contribution is 2.23. The molecule has 0 amide bonds. The predicted molar refractivity (Wildman–Crippen MR) is 100 cm³/mol. The third-order valence-electron chi connectivity index (χ3n) is 3.94. The number of carbonyl (C=O) groups excluding carboxylic acids is 1. The maximum atomic E-state index is 13.8. The maximum Gasteiger partial charge on any atom is 0.371 e. The molecular formula is C22H12F5NO2. The first kappa shape index (κ1) is 20.9. The molecule has 8 heteroatoms. The number of allylic oxidation sites excluding steroid dienone is 1. The molecular weight excluding hydrogens is 405 g/mol. The molecule has 3 nitrogen and oxygen atoms in total. The molecule has 0 spiro atoms. The zero-order valence-corrected chi connectivity index (χ0v) is 15.1. The fourth-order valence-electron chi connectivity index (χ4n) is 2.45. The van der Waals surface area contributed by atoms with Gasteiger partial charge < -0.3 is 4.84 Å². The SMILES string of the molecule is O=C(O/N=C(/C=C/c1ccccc1)c1ccccc1)c1c(F)c(F)c(F)c(F)c1F. The summed E-state index contributed by atoms with van der Waals surface area (Å²) in [7, 11) is 0. The average Bonchev–Trinajstić information content (AvgIpc) is 2.78. The van der Waals surface area contributed by atoms with Crippen molar-refractivity contribution in [1.29, 1.82) is 0 Å². The zero-order chi connectivity index (χ0) is 21.7. The second-order valence-corrected chi connectivity index (χ2v) is 5.91. The van der Waals surface area contributed by atoms with Crippen molar-refractivity contribution >= 4 is 17.8 Å². The summed E-state index contributed by atoms with van der Waals surface area (Å²) in [6.45, 7) is 0. The van der Waals surface area contributed by atoms with E-state index in [-0.39, 0.29) is 5.71 Å². The van der Waals surface area contributed by atoms with E-state index in [1.54, 1.807) is 60.7 Å². The van der Waals surface area contributed by atoms with Crippen LogP contribution >= 0.6 is 0 Å². The van der Waals surface area contributed by atoms with Gasteiger partial charge in [-0.2, -0.15) is 0 Å².